The molecule has 0 spiro atoms. The molecule has 5 N–H and O–H groups in total. The number of hydrazine groups is 1. The number of carbonyl (C=O) groups excluding carboxylic acids is 1. The highest BCUT2D eigenvalue weighted by molar-refractivity contribution is 7.98. The Bertz CT molecular complexity index is 595. The van der Waals surface area contributed by atoms with Crippen molar-refractivity contribution in [3.8, 4) is 0 Å². The number of hydrogen-bond donors (Lipinski definition) is 3. The number of nitrogens with one attached hydrogen (secondary N) is 1. The molecule has 5 nitrogen and oxygen atoms in total. The van der Waals surface area contributed by atoms with Crippen LogP contribution < -0.4 is 17.0 Å². The van der Waals surface area contributed by atoms with Crippen molar-refractivity contribution < 1.29 is 9.21 Å². The van der Waals surface area contributed by atoms with Crippen LogP contribution in [0.2, 0.25) is 0 Å². The number of carbonyl (C=O) groups is 1. The van der Waals surface area contributed by atoms with Crippen molar-refractivity contribution in [2.75, 3.05) is 5.73 Å². The molecule has 19 heavy (non-hydrogen) atoms. The third-order valence-electron chi connectivity index (χ3n) is 2.63. The van der Waals surface area contributed by atoms with Gasteiger partial charge >= 0.3 is 5.91 Å². The van der Waals surface area contributed by atoms with E-state index in [1.165, 1.54) is 6.26 Å². The fourth-order valence-electron chi connectivity index (χ4n) is 1.67. The second-order valence-corrected chi connectivity index (χ2v) is 5.10. The fraction of sp³-hybridized carbons (Fsp3) is 0.154. The Morgan fingerprint density at radius 1 is 1.42 bits per heavy atom. The highest BCUT2D eigenvalue weighted by atomic mass is 32.2. The van der Waals surface area contributed by atoms with Crippen molar-refractivity contribution in [2.45, 2.75) is 17.6 Å². The number of amides is 1. The van der Waals surface area contributed by atoms with Crippen molar-refractivity contribution in [3.63, 3.8) is 0 Å². The van der Waals surface area contributed by atoms with Crippen LogP contribution >= 0.6 is 11.8 Å². The van der Waals surface area contributed by atoms with Crippen LogP contribution in [0.5, 0.6) is 0 Å². The van der Waals surface area contributed by atoms with Crippen LogP contribution in [0, 0.1) is 6.92 Å². The predicted octanol–water partition coefficient (Wildman–Crippen LogP) is 2.07. The summed E-state index contributed by atoms with van der Waals surface area (Å²) < 4.78 is 5.12. The second-order valence-electron chi connectivity index (χ2n) is 4.08. The van der Waals surface area contributed by atoms with Gasteiger partial charge in [0.15, 0.2) is 5.76 Å². The largest absolute Gasteiger partial charge is 0.459 e. The Morgan fingerprint density at radius 2 is 2.21 bits per heavy atom. The second kappa shape index (κ2) is 5.81. The first-order valence-electron chi connectivity index (χ1n) is 5.68. The average Bonchev–Trinajstić information content (AvgIpc) is 2.85. The van der Waals surface area contributed by atoms with Gasteiger partial charge in [-0.25, -0.2) is 5.84 Å². The molecule has 0 saturated carbocycles. The summed E-state index contributed by atoms with van der Waals surface area (Å²) in [4.78, 5) is 12.4. The molecule has 1 aromatic carbocycles. The zero-order valence-electron chi connectivity index (χ0n) is 10.5. The maximum Gasteiger partial charge on any atom is 0.301 e. The van der Waals surface area contributed by atoms with E-state index in [0.29, 0.717) is 5.75 Å². The zero-order chi connectivity index (χ0) is 13.8. The molecule has 1 heterocycles. The average molecular weight is 277 g/mol. The van der Waals surface area contributed by atoms with Crippen LogP contribution in [0.4, 0.5) is 5.69 Å². The molecule has 0 aliphatic rings. The summed E-state index contributed by atoms with van der Waals surface area (Å²) in [5.41, 5.74) is 10.6. The number of nitrogen functional groups attached to an aromatic ring is 2. The quantitative estimate of drug-likeness (QED) is 0.261. The SMILES string of the molecule is Cc1ccc(SCc2ccoc2C(=O)NN)c(N)c1. The van der Waals surface area contributed by atoms with E-state index in [4.69, 9.17) is 16.0 Å². The van der Waals surface area contributed by atoms with Gasteiger partial charge in [-0.15, -0.1) is 11.8 Å². The van der Waals surface area contributed by atoms with Gasteiger partial charge in [-0.1, -0.05) is 6.07 Å². The number of furan rings is 1. The van der Waals surface area contributed by atoms with E-state index in [1.807, 2.05) is 25.1 Å². The van der Waals surface area contributed by atoms with Gasteiger partial charge in [0.1, 0.15) is 0 Å². The highest BCUT2D eigenvalue weighted by Gasteiger charge is 2.14. The summed E-state index contributed by atoms with van der Waals surface area (Å²) in [6.07, 6.45) is 1.47. The van der Waals surface area contributed by atoms with E-state index in [-0.39, 0.29) is 5.76 Å². The lowest BCUT2D eigenvalue weighted by molar-refractivity contribution is 0.0925. The number of aryl methyl sites for hydroxylation is 1. The molecule has 0 atom stereocenters. The minimum absolute atomic E-state index is 0.237. The molecule has 0 unspecified atom stereocenters. The standard InChI is InChI=1S/C13H15N3O2S/c1-8-2-3-11(10(14)6-8)19-7-9-4-5-18-12(9)13(17)16-15/h2-6H,7,14-15H2,1H3,(H,16,17). The van der Waals surface area contributed by atoms with Crippen molar-refractivity contribution in [1.29, 1.82) is 0 Å². The van der Waals surface area contributed by atoms with E-state index in [0.717, 1.165) is 21.7 Å². The molecule has 0 aliphatic heterocycles. The first-order chi connectivity index (χ1) is 9.11. The van der Waals surface area contributed by atoms with Gasteiger partial charge in [0, 0.05) is 21.9 Å². The summed E-state index contributed by atoms with van der Waals surface area (Å²) in [5.74, 6) is 5.49. The molecule has 0 fully saturated rings. The van der Waals surface area contributed by atoms with E-state index in [2.05, 4.69) is 5.43 Å². The third-order valence-corrected chi connectivity index (χ3v) is 3.77. The topological polar surface area (TPSA) is 94.3 Å². The molecule has 0 saturated heterocycles. The van der Waals surface area contributed by atoms with Crippen molar-refractivity contribution in [2.24, 2.45) is 5.84 Å². The molecule has 0 aliphatic carbocycles. The zero-order valence-corrected chi connectivity index (χ0v) is 11.3. The van der Waals surface area contributed by atoms with Gasteiger partial charge in [-0.3, -0.25) is 10.2 Å². The number of benzene rings is 1. The van der Waals surface area contributed by atoms with Crippen LogP contribution in [0.25, 0.3) is 0 Å². The first-order valence-corrected chi connectivity index (χ1v) is 6.66. The lowest BCUT2D eigenvalue weighted by atomic mass is 10.2. The lowest BCUT2D eigenvalue weighted by Gasteiger charge is -2.06. The van der Waals surface area contributed by atoms with Crippen molar-refractivity contribution >= 4 is 23.4 Å². The molecule has 100 valence electrons. The molecule has 2 rings (SSSR count). The molecular formula is C13H15N3O2S. The smallest absolute Gasteiger partial charge is 0.301 e. The molecule has 2 aromatic rings. The minimum Gasteiger partial charge on any atom is -0.459 e. The summed E-state index contributed by atoms with van der Waals surface area (Å²) in [6.45, 7) is 1.99. The van der Waals surface area contributed by atoms with Crippen molar-refractivity contribution in [1.82, 2.24) is 5.43 Å². The summed E-state index contributed by atoms with van der Waals surface area (Å²) >= 11 is 1.55. The predicted molar refractivity (Wildman–Crippen MR) is 75.5 cm³/mol. The Hall–Kier alpha value is -1.92. The summed E-state index contributed by atoms with van der Waals surface area (Å²) in [6, 6.07) is 7.65. The molecular weight excluding hydrogens is 262 g/mol. The van der Waals surface area contributed by atoms with E-state index < -0.39 is 5.91 Å². The molecule has 1 amide bonds. The van der Waals surface area contributed by atoms with Gasteiger partial charge in [-0.05, 0) is 30.7 Å². The molecule has 0 radical (unpaired) electrons. The number of nitrogens with two attached hydrogens (primary N) is 2. The van der Waals surface area contributed by atoms with Crippen molar-refractivity contribution in [3.05, 3.63) is 47.4 Å². The van der Waals surface area contributed by atoms with Gasteiger partial charge in [0.2, 0.25) is 0 Å². The van der Waals surface area contributed by atoms with E-state index in [1.54, 1.807) is 17.8 Å². The normalized spacial score (nSPS) is 10.4. The van der Waals surface area contributed by atoms with Crippen LogP contribution in [0.3, 0.4) is 0 Å². The number of hydrogen-bond acceptors (Lipinski definition) is 5. The van der Waals surface area contributed by atoms with Crippen LogP contribution in [0.1, 0.15) is 21.7 Å². The fourth-order valence-corrected chi connectivity index (χ4v) is 2.60. The monoisotopic (exact) mass is 277 g/mol. The molecule has 1 aromatic heterocycles. The Balaban J connectivity index is 2.10. The van der Waals surface area contributed by atoms with E-state index >= 15 is 0 Å². The first kappa shape index (κ1) is 13.5. The number of anilines is 1. The van der Waals surface area contributed by atoms with Gasteiger partial charge < -0.3 is 10.2 Å². The summed E-state index contributed by atoms with van der Waals surface area (Å²) in [7, 11) is 0. The number of thioether (sulfide) groups is 1. The molecule has 0 bridgehead atoms. The van der Waals surface area contributed by atoms with Gasteiger partial charge in [0.25, 0.3) is 0 Å². The highest BCUT2D eigenvalue weighted by Crippen LogP contribution is 2.30. The molecule has 6 heteroatoms. The van der Waals surface area contributed by atoms with E-state index in [9.17, 15) is 4.79 Å². The van der Waals surface area contributed by atoms with Crippen LogP contribution in [-0.2, 0) is 5.75 Å². The van der Waals surface area contributed by atoms with Crippen LogP contribution in [0.15, 0.2) is 39.8 Å². The van der Waals surface area contributed by atoms with Crippen LogP contribution in [-0.4, -0.2) is 5.91 Å². The minimum atomic E-state index is -0.433. The number of rotatable bonds is 4. The maximum atomic E-state index is 11.5. The Labute approximate surface area is 115 Å². The lowest BCUT2D eigenvalue weighted by Crippen LogP contribution is -2.30. The Kier molecular flexibility index (Phi) is 4.13. The van der Waals surface area contributed by atoms with Gasteiger partial charge in [-0.2, -0.15) is 0 Å². The Morgan fingerprint density at radius 3 is 2.89 bits per heavy atom. The maximum absolute atomic E-state index is 11.5. The van der Waals surface area contributed by atoms with Gasteiger partial charge in [0.05, 0.1) is 6.26 Å². The summed E-state index contributed by atoms with van der Waals surface area (Å²) in [5, 5.41) is 0. The third kappa shape index (κ3) is 3.10.